The van der Waals surface area contributed by atoms with Crippen LogP contribution in [0, 0.1) is 0 Å². The summed E-state index contributed by atoms with van der Waals surface area (Å²) >= 11 is 6.06. The van der Waals surface area contributed by atoms with Gasteiger partial charge >= 0.3 is 0 Å². The van der Waals surface area contributed by atoms with Gasteiger partial charge in [0.05, 0.1) is 10.6 Å². The molecule has 3 aromatic rings. The molecule has 0 fully saturated rings. The van der Waals surface area contributed by atoms with Crippen molar-refractivity contribution in [3.05, 3.63) is 95.0 Å². The highest BCUT2D eigenvalue weighted by Crippen LogP contribution is 2.28. The Bertz CT molecular complexity index is 1350. The molecule has 0 spiro atoms. The topological polar surface area (TPSA) is 86.8 Å². The van der Waals surface area contributed by atoms with Crippen molar-refractivity contribution in [2.75, 3.05) is 17.4 Å². The van der Waals surface area contributed by atoms with Crippen LogP contribution >= 0.6 is 11.6 Å². The van der Waals surface area contributed by atoms with E-state index in [2.05, 4.69) is 5.32 Å². The van der Waals surface area contributed by atoms with Crippen molar-refractivity contribution in [3.8, 4) is 0 Å². The number of nitrogens with zero attached hydrogens (tertiary/aromatic N) is 2. The van der Waals surface area contributed by atoms with Crippen LogP contribution in [-0.4, -0.2) is 44.3 Å². The molecule has 0 aliphatic carbocycles. The molecule has 208 valence electrons. The first-order valence-electron chi connectivity index (χ1n) is 13.2. The molecule has 7 nitrogen and oxygen atoms in total. The van der Waals surface area contributed by atoms with Gasteiger partial charge in [-0.25, -0.2) is 8.42 Å². The number of halogens is 1. The Morgan fingerprint density at radius 1 is 0.897 bits per heavy atom. The number of aryl methyl sites for hydroxylation is 1. The number of hydrogen-bond acceptors (Lipinski definition) is 4. The van der Waals surface area contributed by atoms with Crippen LogP contribution in [0.5, 0.6) is 0 Å². The summed E-state index contributed by atoms with van der Waals surface area (Å²) in [5.74, 6) is -0.748. The summed E-state index contributed by atoms with van der Waals surface area (Å²) in [6, 6.07) is 21.5. The maximum Gasteiger partial charge on any atom is 0.264 e. The Kier molecular flexibility index (Phi) is 10.9. The van der Waals surface area contributed by atoms with Gasteiger partial charge in [-0.15, -0.1) is 0 Å². The van der Waals surface area contributed by atoms with E-state index in [4.69, 9.17) is 11.6 Å². The van der Waals surface area contributed by atoms with Crippen molar-refractivity contribution in [3.63, 3.8) is 0 Å². The first-order chi connectivity index (χ1) is 18.7. The predicted molar refractivity (Wildman–Crippen MR) is 156 cm³/mol. The van der Waals surface area contributed by atoms with Gasteiger partial charge in [0, 0.05) is 18.1 Å². The van der Waals surface area contributed by atoms with E-state index in [0.717, 1.165) is 21.9 Å². The second-order valence-corrected chi connectivity index (χ2v) is 11.5. The molecule has 0 saturated heterocycles. The Morgan fingerprint density at radius 3 is 2.15 bits per heavy atom. The number of nitrogens with one attached hydrogen (secondary N) is 1. The number of benzene rings is 3. The van der Waals surface area contributed by atoms with Crippen LogP contribution < -0.4 is 9.62 Å². The fourth-order valence-electron chi connectivity index (χ4n) is 4.36. The van der Waals surface area contributed by atoms with Crippen molar-refractivity contribution in [1.82, 2.24) is 10.2 Å². The molecule has 0 heterocycles. The van der Waals surface area contributed by atoms with Gasteiger partial charge in [0.1, 0.15) is 12.6 Å². The smallest absolute Gasteiger partial charge is 0.264 e. The zero-order valence-electron chi connectivity index (χ0n) is 22.6. The molecule has 2 amide bonds. The molecule has 0 aliphatic heterocycles. The number of carbonyl (C=O) groups is 2. The zero-order valence-corrected chi connectivity index (χ0v) is 24.2. The number of carbonyl (C=O) groups excluding carboxylic acids is 2. The molecule has 3 aromatic carbocycles. The maximum atomic E-state index is 14.1. The highest BCUT2D eigenvalue weighted by atomic mass is 35.5. The number of anilines is 1. The minimum Gasteiger partial charge on any atom is -0.354 e. The summed E-state index contributed by atoms with van der Waals surface area (Å²) in [5, 5.41) is 3.44. The van der Waals surface area contributed by atoms with E-state index in [9.17, 15) is 18.0 Å². The molecule has 0 saturated carbocycles. The van der Waals surface area contributed by atoms with Crippen LogP contribution in [-0.2, 0) is 32.6 Å². The van der Waals surface area contributed by atoms with Gasteiger partial charge in [-0.1, -0.05) is 80.9 Å². The first kappa shape index (κ1) is 30.2. The van der Waals surface area contributed by atoms with E-state index in [-0.39, 0.29) is 17.3 Å². The molecule has 39 heavy (non-hydrogen) atoms. The largest absolute Gasteiger partial charge is 0.354 e. The molecule has 1 atom stereocenters. The third-order valence-electron chi connectivity index (χ3n) is 6.45. The highest BCUT2D eigenvalue weighted by molar-refractivity contribution is 7.92. The van der Waals surface area contributed by atoms with Crippen LogP contribution in [0.3, 0.4) is 0 Å². The maximum absolute atomic E-state index is 14.1. The Hall–Kier alpha value is -3.36. The van der Waals surface area contributed by atoms with Gasteiger partial charge in [0.15, 0.2) is 0 Å². The predicted octanol–water partition coefficient (Wildman–Crippen LogP) is 5.43. The zero-order chi connectivity index (χ0) is 28.4. The minimum atomic E-state index is -4.09. The molecule has 0 bridgehead atoms. The third-order valence-corrected chi connectivity index (χ3v) is 8.48. The van der Waals surface area contributed by atoms with Crippen LogP contribution in [0.4, 0.5) is 5.69 Å². The van der Waals surface area contributed by atoms with Gasteiger partial charge in [0.25, 0.3) is 10.0 Å². The number of hydrogen-bond donors (Lipinski definition) is 1. The second-order valence-electron chi connectivity index (χ2n) is 9.17. The highest BCUT2D eigenvalue weighted by Gasteiger charge is 2.34. The lowest BCUT2D eigenvalue weighted by atomic mass is 10.1. The monoisotopic (exact) mass is 569 g/mol. The molecule has 0 aromatic heterocycles. The lowest BCUT2D eigenvalue weighted by Gasteiger charge is -2.33. The standard InChI is InChI=1S/C30H36ClN3O4S/c1-4-20-32-30(36)27(6-3)33(21-23-16-18-25(31)19-17-23)29(35)22-34(28-15-11-10-12-24(28)5-2)39(37,38)26-13-8-7-9-14-26/h7-19,27H,4-6,20-22H2,1-3H3,(H,32,36). The summed E-state index contributed by atoms with van der Waals surface area (Å²) in [7, 11) is -4.09. The van der Waals surface area contributed by atoms with Crippen LogP contribution in [0.1, 0.15) is 44.7 Å². The molecule has 3 rings (SSSR count). The van der Waals surface area contributed by atoms with Gasteiger partial charge in [0.2, 0.25) is 11.8 Å². The molecular formula is C30H36ClN3O4S. The number of sulfonamides is 1. The summed E-state index contributed by atoms with van der Waals surface area (Å²) in [4.78, 5) is 28.8. The van der Waals surface area contributed by atoms with E-state index in [1.807, 2.05) is 32.9 Å². The van der Waals surface area contributed by atoms with Gasteiger partial charge in [-0.3, -0.25) is 13.9 Å². The number of amides is 2. The molecule has 1 unspecified atom stereocenters. The van der Waals surface area contributed by atoms with Crippen LogP contribution in [0.15, 0.2) is 83.8 Å². The van der Waals surface area contributed by atoms with E-state index in [1.165, 1.54) is 17.0 Å². The molecule has 0 radical (unpaired) electrons. The Labute approximate surface area is 236 Å². The SMILES string of the molecule is CCCNC(=O)C(CC)N(Cc1ccc(Cl)cc1)C(=O)CN(c1ccccc1CC)S(=O)(=O)c1ccccc1. The second kappa shape index (κ2) is 14.1. The first-order valence-corrected chi connectivity index (χ1v) is 15.0. The lowest BCUT2D eigenvalue weighted by Crippen LogP contribution is -2.52. The Balaban J connectivity index is 2.07. The van der Waals surface area contributed by atoms with Crippen molar-refractivity contribution in [1.29, 1.82) is 0 Å². The average molecular weight is 570 g/mol. The molecular weight excluding hydrogens is 534 g/mol. The fraction of sp³-hybridized carbons (Fsp3) is 0.333. The Morgan fingerprint density at radius 2 is 1.54 bits per heavy atom. The lowest BCUT2D eigenvalue weighted by molar-refractivity contribution is -0.140. The quantitative estimate of drug-likeness (QED) is 0.297. The third kappa shape index (κ3) is 7.61. The van der Waals surface area contributed by atoms with Gasteiger partial charge in [-0.2, -0.15) is 0 Å². The molecule has 0 aliphatic rings. The normalized spacial score (nSPS) is 12.0. The van der Waals surface area contributed by atoms with Crippen LogP contribution in [0.2, 0.25) is 5.02 Å². The summed E-state index contributed by atoms with van der Waals surface area (Å²) in [6.07, 6.45) is 1.70. The van der Waals surface area contributed by atoms with Crippen molar-refractivity contribution in [2.24, 2.45) is 0 Å². The molecule has 1 N–H and O–H groups in total. The van der Waals surface area contributed by atoms with Crippen molar-refractivity contribution < 1.29 is 18.0 Å². The number of para-hydroxylation sites is 1. The van der Waals surface area contributed by atoms with E-state index < -0.39 is 28.5 Å². The summed E-state index contributed by atoms with van der Waals surface area (Å²) in [5.41, 5.74) is 2.01. The van der Waals surface area contributed by atoms with Crippen LogP contribution in [0.25, 0.3) is 0 Å². The van der Waals surface area contributed by atoms with Crippen molar-refractivity contribution >= 4 is 39.1 Å². The van der Waals surface area contributed by atoms with E-state index >= 15 is 0 Å². The average Bonchev–Trinajstić information content (AvgIpc) is 2.95. The van der Waals surface area contributed by atoms with E-state index in [0.29, 0.717) is 30.1 Å². The van der Waals surface area contributed by atoms with Gasteiger partial charge < -0.3 is 10.2 Å². The summed E-state index contributed by atoms with van der Waals surface area (Å²) in [6.45, 7) is 5.88. The van der Waals surface area contributed by atoms with Gasteiger partial charge in [-0.05, 0) is 60.7 Å². The molecule has 9 heteroatoms. The minimum absolute atomic E-state index is 0.0840. The van der Waals surface area contributed by atoms with E-state index in [1.54, 1.807) is 54.6 Å². The fourth-order valence-corrected chi connectivity index (χ4v) is 5.96. The van der Waals surface area contributed by atoms with Crippen molar-refractivity contribution in [2.45, 2.75) is 57.5 Å². The summed E-state index contributed by atoms with van der Waals surface area (Å²) < 4.78 is 29.0. The number of rotatable bonds is 13.